The van der Waals surface area contributed by atoms with Gasteiger partial charge in [0.2, 0.25) is 0 Å². The van der Waals surface area contributed by atoms with Gasteiger partial charge >= 0.3 is 0 Å². The number of rotatable bonds is 2. The van der Waals surface area contributed by atoms with Crippen molar-refractivity contribution >= 4 is 5.91 Å². The van der Waals surface area contributed by atoms with E-state index in [-0.39, 0.29) is 23.2 Å². The number of aromatic amines is 1. The summed E-state index contributed by atoms with van der Waals surface area (Å²) in [7, 11) is 0. The molecule has 0 aliphatic carbocycles. The Morgan fingerprint density at radius 2 is 2.15 bits per heavy atom. The van der Waals surface area contributed by atoms with Crippen molar-refractivity contribution in [2.24, 2.45) is 0 Å². The molecular weight excluding hydrogens is 258 g/mol. The molecule has 7 heteroatoms. The summed E-state index contributed by atoms with van der Waals surface area (Å²) in [5, 5.41) is 4.43. The van der Waals surface area contributed by atoms with Gasteiger partial charge in [0.15, 0.2) is 0 Å². The number of likely N-dealkylation sites (tertiary alicyclic amines) is 1. The molecule has 1 aliphatic rings. The van der Waals surface area contributed by atoms with E-state index in [0.29, 0.717) is 13.1 Å². The standard InChI is InChI=1S/C13H15N5O2/c1-8-3-9(2)18(16-8)10-6-17(7-10)13(20)11-4-15-12(19)5-14-11/h3-5,10H,6-7H2,1-2H3,(H,15,19). The molecule has 1 amide bonds. The number of aryl methyl sites for hydroxylation is 2. The van der Waals surface area contributed by atoms with Gasteiger partial charge < -0.3 is 9.88 Å². The highest BCUT2D eigenvalue weighted by Crippen LogP contribution is 2.23. The Bertz CT molecular complexity index is 691. The summed E-state index contributed by atoms with van der Waals surface area (Å²) >= 11 is 0. The summed E-state index contributed by atoms with van der Waals surface area (Å²) in [5.41, 5.74) is 2.03. The van der Waals surface area contributed by atoms with E-state index >= 15 is 0 Å². The maximum atomic E-state index is 12.1. The quantitative estimate of drug-likeness (QED) is 0.852. The molecule has 3 rings (SSSR count). The lowest BCUT2D eigenvalue weighted by Crippen LogP contribution is -2.51. The number of carbonyl (C=O) groups excluding carboxylic acids is 1. The van der Waals surface area contributed by atoms with E-state index in [1.165, 1.54) is 6.20 Å². The van der Waals surface area contributed by atoms with Crippen LogP contribution in [0.4, 0.5) is 0 Å². The normalized spacial score (nSPS) is 15.2. The van der Waals surface area contributed by atoms with Crippen LogP contribution in [-0.2, 0) is 0 Å². The van der Waals surface area contributed by atoms with Gasteiger partial charge in [-0.15, -0.1) is 0 Å². The molecule has 0 atom stereocenters. The van der Waals surface area contributed by atoms with Gasteiger partial charge in [-0.1, -0.05) is 0 Å². The van der Waals surface area contributed by atoms with Gasteiger partial charge in [-0.2, -0.15) is 5.10 Å². The number of aromatic nitrogens is 4. The Morgan fingerprint density at radius 1 is 1.40 bits per heavy atom. The van der Waals surface area contributed by atoms with Crippen molar-refractivity contribution in [1.82, 2.24) is 24.6 Å². The fourth-order valence-electron chi connectivity index (χ4n) is 2.41. The Balaban J connectivity index is 1.68. The van der Waals surface area contributed by atoms with Gasteiger partial charge in [-0.25, -0.2) is 4.98 Å². The van der Waals surface area contributed by atoms with E-state index in [9.17, 15) is 9.59 Å². The van der Waals surface area contributed by atoms with Crippen molar-refractivity contribution in [2.75, 3.05) is 13.1 Å². The van der Waals surface area contributed by atoms with Crippen molar-refractivity contribution in [3.05, 3.63) is 45.9 Å². The SMILES string of the molecule is Cc1cc(C)n(C2CN(C(=O)c3c[nH]c(=O)cn3)C2)n1. The Labute approximate surface area is 115 Å². The number of nitrogens with zero attached hydrogens (tertiary/aromatic N) is 4. The minimum Gasteiger partial charge on any atom is -0.333 e. The Kier molecular flexibility index (Phi) is 2.89. The molecule has 0 bridgehead atoms. The number of nitrogens with one attached hydrogen (secondary N) is 1. The predicted molar refractivity (Wildman–Crippen MR) is 71.5 cm³/mol. The first-order chi connectivity index (χ1) is 9.54. The second-order valence-corrected chi connectivity index (χ2v) is 5.03. The first-order valence-corrected chi connectivity index (χ1v) is 6.41. The highest BCUT2D eigenvalue weighted by atomic mass is 16.2. The molecule has 104 valence electrons. The van der Waals surface area contributed by atoms with Crippen LogP contribution in [-0.4, -0.2) is 43.6 Å². The number of carbonyl (C=O) groups is 1. The van der Waals surface area contributed by atoms with Crippen LogP contribution >= 0.6 is 0 Å². The van der Waals surface area contributed by atoms with Crippen molar-refractivity contribution < 1.29 is 4.79 Å². The number of H-pyrrole nitrogens is 1. The van der Waals surface area contributed by atoms with Gasteiger partial charge in [0.25, 0.3) is 11.5 Å². The van der Waals surface area contributed by atoms with Gasteiger partial charge in [0, 0.05) is 25.0 Å². The third-order valence-electron chi connectivity index (χ3n) is 3.43. The van der Waals surface area contributed by atoms with Crippen LogP contribution in [0.3, 0.4) is 0 Å². The number of hydrogen-bond acceptors (Lipinski definition) is 4. The molecule has 2 aromatic rings. The van der Waals surface area contributed by atoms with E-state index in [1.54, 1.807) is 4.90 Å². The maximum Gasteiger partial charge on any atom is 0.274 e. The fourth-order valence-corrected chi connectivity index (χ4v) is 2.41. The van der Waals surface area contributed by atoms with E-state index in [2.05, 4.69) is 15.1 Å². The van der Waals surface area contributed by atoms with Gasteiger partial charge in [0.1, 0.15) is 5.69 Å². The van der Waals surface area contributed by atoms with E-state index in [0.717, 1.165) is 17.6 Å². The number of hydrogen-bond donors (Lipinski definition) is 1. The molecule has 2 aromatic heterocycles. The third-order valence-corrected chi connectivity index (χ3v) is 3.43. The second-order valence-electron chi connectivity index (χ2n) is 5.03. The molecule has 3 heterocycles. The summed E-state index contributed by atoms with van der Waals surface area (Å²) < 4.78 is 1.96. The lowest BCUT2D eigenvalue weighted by Gasteiger charge is -2.39. The van der Waals surface area contributed by atoms with Crippen molar-refractivity contribution in [3.8, 4) is 0 Å². The second kappa shape index (κ2) is 4.59. The minimum absolute atomic E-state index is 0.168. The molecule has 0 unspecified atom stereocenters. The van der Waals surface area contributed by atoms with Crippen molar-refractivity contribution in [1.29, 1.82) is 0 Å². The van der Waals surface area contributed by atoms with Gasteiger partial charge in [0.05, 0.1) is 17.9 Å². The molecule has 0 spiro atoms. The van der Waals surface area contributed by atoms with Crippen LogP contribution in [0.25, 0.3) is 0 Å². The topological polar surface area (TPSA) is 83.9 Å². The molecule has 0 saturated carbocycles. The molecule has 1 aliphatic heterocycles. The summed E-state index contributed by atoms with van der Waals surface area (Å²) in [4.78, 5) is 31.0. The molecule has 7 nitrogen and oxygen atoms in total. The molecule has 0 aromatic carbocycles. The van der Waals surface area contributed by atoms with Crippen molar-refractivity contribution in [2.45, 2.75) is 19.9 Å². The largest absolute Gasteiger partial charge is 0.333 e. The molecule has 1 fully saturated rings. The summed E-state index contributed by atoms with van der Waals surface area (Å²) in [5.74, 6) is -0.168. The van der Waals surface area contributed by atoms with Crippen LogP contribution in [0.2, 0.25) is 0 Å². The highest BCUT2D eigenvalue weighted by molar-refractivity contribution is 5.92. The van der Waals surface area contributed by atoms with E-state index < -0.39 is 0 Å². The van der Waals surface area contributed by atoms with Crippen LogP contribution in [0.1, 0.15) is 27.9 Å². The monoisotopic (exact) mass is 273 g/mol. The Hall–Kier alpha value is -2.44. The smallest absolute Gasteiger partial charge is 0.274 e. The van der Waals surface area contributed by atoms with E-state index in [4.69, 9.17) is 0 Å². The fraction of sp³-hybridized carbons (Fsp3) is 0.385. The summed E-state index contributed by atoms with van der Waals surface area (Å²) in [6, 6.07) is 2.24. The lowest BCUT2D eigenvalue weighted by molar-refractivity contribution is 0.0491. The lowest BCUT2D eigenvalue weighted by atomic mass is 10.1. The summed E-state index contributed by atoms with van der Waals surface area (Å²) in [6.07, 6.45) is 2.47. The van der Waals surface area contributed by atoms with Crippen LogP contribution in [0.15, 0.2) is 23.3 Å². The highest BCUT2D eigenvalue weighted by Gasteiger charge is 2.34. The summed E-state index contributed by atoms with van der Waals surface area (Å²) in [6.45, 7) is 5.19. The molecular formula is C13H15N5O2. The Morgan fingerprint density at radius 3 is 2.70 bits per heavy atom. The zero-order valence-corrected chi connectivity index (χ0v) is 11.3. The molecule has 1 saturated heterocycles. The first kappa shape index (κ1) is 12.6. The van der Waals surface area contributed by atoms with Crippen molar-refractivity contribution in [3.63, 3.8) is 0 Å². The van der Waals surface area contributed by atoms with Crippen LogP contribution in [0.5, 0.6) is 0 Å². The molecule has 1 N–H and O–H groups in total. The maximum absolute atomic E-state index is 12.1. The predicted octanol–water partition coefficient (Wildman–Crippen LogP) is 0.280. The average Bonchev–Trinajstić information content (AvgIpc) is 2.67. The van der Waals surface area contributed by atoms with Gasteiger partial charge in [-0.05, 0) is 19.9 Å². The van der Waals surface area contributed by atoms with Gasteiger partial charge in [-0.3, -0.25) is 14.3 Å². The molecule has 0 radical (unpaired) electrons. The zero-order chi connectivity index (χ0) is 14.3. The third kappa shape index (κ3) is 2.11. The zero-order valence-electron chi connectivity index (χ0n) is 11.3. The average molecular weight is 273 g/mol. The van der Waals surface area contributed by atoms with Crippen LogP contribution < -0.4 is 5.56 Å². The molecule has 20 heavy (non-hydrogen) atoms. The first-order valence-electron chi connectivity index (χ1n) is 6.41. The van der Waals surface area contributed by atoms with Crippen LogP contribution in [0, 0.1) is 13.8 Å². The van der Waals surface area contributed by atoms with E-state index in [1.807, 2.05) is 24.6 Å². The number of amides is 1. The minimum atomic E-state index is -0.314.